The Morgan fingerprint density at radius 2 is 2.05 bits per heavy atom. The predicted molar refractivity (Wildman–Crippen MR) is 73.7 cm³/mol. The number of anilines is 1. The molecule has 0 aliphatic carbocycles. The van der Waals surface area contributed by atoms with Gasteiger partial charge in [0.25, 0.3) is 15.9 Å². The van der Waals surface area contributed by atoms with Crippen molar-refractivity contribution in [1.82, 2.24) is 0 Å². The van der Waals surface area contributed by atoms with E-state index in [9.17, 15) is 13.2 Å². The van der Waals surface area contributed by atoms with Gasteiger partial charge in [0, 0.05) is 12.1 Å². The van der Waals surface area contributed by atoms with E-state index >= 15 is 0 Å². The third-order valence-corrected chi connectivity index (χ3v) is 3.81. The van der Waals surface area contributed by atoms with Crippen molar-refractivity contribution in [3.05, 3.63) is 41.7 Å². The van der Waals surface area contributed by atoms with Gasteiger partial charge in [0.2, 0.25) is 5.09 Å². The van der Waals surface area contributed by atoms with Crippen LogP contribution in [-0.2, 0) is 16.4 Å². The monoisotopic (exact) mass is 308 g/mol. The molecule has 0 saturated heterocycles. The van der Waals surface area contributed by atoms with Gasteiger partial charge in [0.15, 0.2) is 5.76 Å². The summed E-state index contributed by atoms with van der Waals surface area (Å²) in [6, 6.07) is 7.68. The average Bonchev–Trinajstić information content (AvgIpc) is 3.06. The number of furan rings is 1. The highest BCUT2D eigenvalue weighted by Gasteiger charge is 2.18. The first kappa shape index (κ1) is 13.7. The lowest BCUT2D eigenvalue weighted by Gasteiger charge is -2.05. The SMILES string of the molecule is NS(=O)(=O)c1ccc(C(=O)Nc2ccc3c(c2)CCO3)o1. The number of benzene rings is 1. The molecule has 3 rings (SSSR count). The number of hydrogen-bond donors (Lipinski definition) is 2. The summed E-state index contributed by atoms with van der Waals surface area (Å²) in [4.78, 5) is 12.0. The van der Waals surface area contributed by atoms with E-state index in [-0.39, 0.29) is 5.76 Å². The highest BCUT2D eigenvalue weighted by atomic mass is 32.2. The second kappa shape index (κ2) is 4.90. The summed E-state index contributed by atoms with van der Waals surface area (Å²) in [5.41, 5.74) is 1.59. The third-order valence-electron chi connectivity index (χ3n) is 3.03. The van der Waals surface area contributed by atoms with Crippen LogP contribution in [0.3, 0.4) is 0 Å². The lowest BCUT2D eigenvalue weighted by Crippen LogP contribution is -2.12. The van der Waals surface area contributed by atoms with Gasteiger partial charge < -0.3 is 14.5 Å². The number of sulfonamides is 1. The molecule has 7 nitrogen and oxygen atoms in total. The van der Waals surface area contributed by atoms with Gasteiger partial charge in [-0.15, -0.1) is 0 Å². The smallest absolute Gasteiger partial charge is 0.291 e. The highest BCUT2D eigenvalue weighted by Crippen LogP contribution is 2.28. The molecule has 0 spiro atoms. The van der Waals surface area contributed by atoms with Crippen LogP contribution in [0, 0.1) is 0 Å². The zero-order valence-electron chi connectivity index (χ0n) is 10.8. The summed E-state index contributed by atoms with van der Waals surface area (Å²) in [5, 5.41) is 7.10. The molecular formula is C13H12N2O5S. The number of carbonyl (C=O) groups is 1. The van der Waals surface area contributed by atoms with Crippen LogP contribution in [0.1, 0.15) is 16.1 Å². The Morgan fingerprint density at radius 1 is 1.24 bits per heavy atom. The number of fused-ring (bicyclic) bond motifs is 1. The summed E-state index contributed by atoms with van der Waals surface area (Å²) in [5.74, 6) is 0.127. The molecule has 110 valence electrons. The number of hydrogen-bond acceptors (Lipinski definition) is 5. The highest BCUT2D eigenvalue weighted by molar-refractivity contribution is 7.89. The zero-order chi connectivity index (χ0) is 15.0. The van der Waals surface area contributed by atoms with Crippen LogP contribution in [0.4, 0.5) is 5.69 Å². The molecule has 0 saturated carbocycles. The third kappa shape index (κ3) is 2.76. The fourth-order valence-corrected chi connectivity index (χ4v) is 2.52. The molecule has 0 atom stereocenters. The second-order valence-electron chi connectivity index (χ2n) is 4.54. The summed E-state index contributed by atoms with van der Waals surface area (Å²) >= 11 is 0. The van der Waals surface area contributed by atoms with E-state index in [1.165, 1.54) is 6.07 Å². The summed E-state index contributed by atoms with van der Waals surface area (Å²) < 4.78 is 32.5. The lowest BCUT2D eigenvalue weighted by atomic mass is 10.1. The van der Waals surface area contributed by atoms with E-state index < -0.39 is 21.0 Å². The van der Waals surface area contributed by atoms with E-state index in [0.29, 0.717) is 12.3 Å². The topological polar surface area (TPSA) is 112 Å². The van der Waals surface area contributed by atoms with E-state index in [2.05, 4.69) is 5.32 Å². The summed E-state index contributed by atoms with van der Waals surface area (Å²) in [7, 11) is -3.96. The lowest BCUT2D eigenvalue weighted by molar-refractivity contribution is 0.0991. The van der Waals surface area contributed by atoms with Gasteiger partial charge >= 0.3 is 0 Å². The Kier molecular flexibility index (Phi) is 3.19. The van der Waals surface area contributed by atoms with Crippen LogP contribution in [0.5, 0.6) is 5.75 Å². The Balaban J connectivity index is 1.79. The first-order valence-corrected chi connectivity index (χ1v) is 7.68. The van der Waals surface area contributed by atoms with Crippen LogP contribution in [0.25, 0.3) is 0 Å². The molecular weight excluding hydrogens is 296 g/mol. The summed E-state index contributed by atoms with van der Waals surface area (Å²) in [6.45, 7) is 0.628. The number of primary sulfonamides is 1. The fraction of sp³-hybridized carbons (Fsp3) is 0.154. The van der Waals surface area contributed by atoms with Gasteiger partial charge in [-0.1, -0.05) is 0 Å². The minimum atomic E-state index is -3.96. The van der Waals surface area contributed by atoms with Gasteiger partial charge in [-0.25, -0.2) is 13.6 Å². The first-order valence-electron chi connectivity index (χ1n) is 6.13. The van der Waals surface area contributed by atoms with Crippen LogP contribution in [-0.4, -0.2) is 20.9 Å². The van der Waals surface area contributed by atoms with Crippen LogP contribution >= 0.6 is 0 Å². The van der Waals surface area contributed by atoms with Gasteiger partial charge in [0.05, 0.1) is 6.61 Å². The molecule has 1 aromatic carbocycles. The average molecular weight is 308 g/mol. The molecule has 1 amide bonds. The van der Waals surface area contributed by atoms with E-state index in [1.807, 2.05) is 6.07 Å². The van der Waals surface area contributed by atoms with Crippen molar-refractivity contribution in [2.45, 2.75) is 11.5 Å². The van der Waals surface area contributed by atoms with Crippen molar-refractivity contribution in [3.8, 4) is 5.75 Å². The molecule has 0 unspecified atom stereocenters. The predicted octanol–water partition coefficient (Wildman–Crippen LogP) is 1.11. The van der Waals surface area contributed by atoms with Crippen LogP contribution in [0.15, 0.2) is 39.8 Å². The van der Waals surface area contributed by atoms with Crippen molar-refractivity contribution in [2.75, 3.05) is 11.9 Å². The molecule has 0 bridgehead atoms. The van der Waals surface area contributed by atoms with Crippen LogP contribution in [0.2, 0.25) is 0 Å². The molecule has 8 heteroatoms. The number of nitrogens with one attached hydrogen (secondary N) is 1. The van der Waals surface area contributed by atoms with Crippen molar-refractivity contribution in [3.63, 3.8) is 0 Å². The molecule has 2 heterocycles. The molecule has 0 radical (unpaired) electrons. The largest absolute Gasteiger partial charge is 0.493 e. The quantitative estimate of drug-likeness (QED) is 0.882. The molecule has 1 aliphatic rings. The number of nitrogens with two attached hydrogens (primary N) is 1. The van der Waals surface area contributed by atoms with Crippen molar-refractivity contribution in [2.24, 2.45) is 5.14 Å². The molecule has 21 heavy (non-hydrogen) atoms. The fourth-order valence-electron chi connectivity index (χ4n) is 2.05. The zero-order valence-corrected chi connectivity index (χ0v) is 11.6. The molecule has 0 fully saturated rings. The summed E-state index contributed by atoms with van der Waals surface area (Å²) in [6.07, 6.45) is 0.787. The van der Waals surface area contributed by atoms with E-state index in [4.69, 9.17) is 14.3 Å². The van der Waals surface area contributed by atoms with Crippen LogP contribution < -0.4 is 15.2 Å². The van der Waals surface area contributed by atoms with Crippen molar-refractivity contribution in [1.29, 1.82) is 0 Å². The minimum Gasteiger partial charge on any atom is -0.493 e. The second-order valence-corrected chi connectivity index (χ2v) is 6.03. The Bertz CT molecular complexity index is 810. The van der Waals surface area contributed by atoms with Gasteiger partial charge in [0.1, 0.15) is 5.75 Å². The number of carbonyl (C=O) groups excluding carboxylic acids is 1. The Labute approximate surface area is 120 Å². The number of amides is 1. The van der Waals surface area contributed by atoms with Gasteiger partial charge in [-0.2, -0.15) is 0 Å². The van der Waals surface area contributed by atoms with E-state index in [1.54, 1.807) is 12.1 Å². The maximum atomic E-state index is 12.0. The minimum absolute atomic E-state index is 0.129. The maximum absolute atomic E-state index is 12.0. The normalized spacial score (nSPS) is 13.6. The van der Waals surface area contributed by atoms with E-state index in [0.717, 1.165) is 23.8 Å². The molecule has 1 aromatic heterocycles. The maximum Gasteiger partial charge on any atom is 0.291 e. The molecule has 2 aromatic rings. The van der Waals surface area contributed by atoms with Gasteiger partial charge in [-0.05, 0) is 35.9 Å². The number of rotatable bonds is 3. The van der Waals surface area contributed by atoms with Gasteiger partial charge in [-0.3, -0.25) is 4.79 Å². The van der Waals surface area contributed by atoms with Crippen molar-refractivity contribution >= 4 is 21.6 Å². The first-order chi connectivity index (χ1) is 9.93. The van der Waals surface area contributed by atoms with Crippen molar-refractivity contribution < 1.29 is 22.4 Å². The molecule has 3 N–H and O–H groups in total. The standard InChI is InChI=1S/C13H12N2O5S/c14-21(17,18)12-4-3-11(20-12)13(16)15-9-1-2-10-8(7-9)5-6-19-10/h1-4,7H,5-6H2,(H,15,16)(H2,14,17,18). The molecule has 1 aliphatic heterocycles. The number of ether oxygens (including phenoxy) is 1. The Hall–Kier alpha value is -2.32. The Morgan fingerprint density at radius 3 is 2.76 bits per heavy atom.